The molecule has 1 saturated heterocycles. The average molecular weight is 218 g/mol. The average Bonchev–Trinajstić information content (AvgIpc) is 2.70. The van der Waals surface area contributed by atoms with Crippen LogP contribution in [0.15, 0.2) is 24.3 Å². The SMILES string of the molecule is CCc1ccccc1N1CCC(NC)C1=O. The number of aryl methyl sites for hydroxylation is 1. The molecule has 0 aliphatic carbocycles. The smallest absolute Gasteiger partial charge is 0.244 e. The molecule has 16 heavy (non-hydrogen) atoms. The zero-order valence-electron chi connectivity index (χ0n) is 9.86. The molecule has 1 heterocycles. The quantitative estimate of drug-likeness (QED) is 0.835. The van der Waals surface area contributed by atoms with E-state index < -0.39 is 0 Å². The van der Waals surface area contributed by atoms with E-state index in [0.29, 0.717) is 0 Å². The molecule has 1 unspecified atom stereocenters. The van der Waals surface area contributed by atoms with Crippen molar-refractivity contribution in [1.29, 1.82) is 0 Å². The molecule has 1 atom stereocenters. The lowest BCUT2D eigenvalue weighted by molar-refractivity contribution is -0.118. The second-order valence-corrected chi connectivity index (χ2v) is 4.10. The van der Waals surface area contributed by atoms with Crippen LogP contribution in [-0.4, -0.2) is 25.5 Å². The summed E-state index contributed by atoms with van der Waals surface area (Å²) in [6, 6.07) is 8.14. The largest absolute Gasteiger partial charge is 0.311 e. The molecule has 1 N–H and O–H groups in total. The highest BCUT2D eigenvalue weighted by molar-refractivity contribution is 6.00. The lowest BCUT2D eigenvalue weighted by Gasteiger charge is -2.19. The number of para-hydroxylation sites is 1. The Morgan fingerprint density at radius 3 is 2.81 bits per heavy atom. The summed E-state index contributed by atoms with van der Waals surface area (Å²) in [5, 5.41) is 3.06. The maximum atomic E-state index is 12.1. The highest BCUT2D eigenvalue weighted by Gasteiger charge is 2.31. The number of nitrogens with one attached hydrogen (secondary N) is 1. The lowest BCUT2D eigenvalue weighted by atomic mass is 10.1. The van der Waals surface area contributed by atoms with Crippen LogP contribution in [0.4, 0.5) is 5.69 Å². The zero-order chi connectivity index (χ0) is 11.5. The van der Waals surface area contributed by atoms with Crippen molar-refractivity contribution < 1.29 is 4.79 Å². The molecule has 1 amide bonds. The third kappa shape index (κ3) is 1.83. The fourth-order valence-corrected chi connectivity index (χ4v) is 2.26. The van der Waals surface area contributed by atoms with E-state index in [9.17, 15) is 4.79 Å². The first-order valence-corrected chi connectivity index (χ1v) is 5.84. The summed E-state index contributed by atoms with van der Waals surface area (Å²) in [6.07, 6.45) is 1.86. The van der Waals surface area contributed by atoms with Crippen LogP contribution in [-0.2, 0) is 11.2 Å². The van der Waals surface area contributed by atoms with E-state index >= 15 is 0 Å². The van der Waals surface area contributed by atoms with E-state index in [1.165, 1.54) is 5.56 Å². The van der Waals surface area contributed by atoms with Gasteiger partial charge in [-0.3, -0.25) is 4.79 Å². The Morgan fingerprint density at radius 2 is 2.19 bits per heavy atom. The number of nitrogens with zero attached hydrogens (tertiary/aromatic N) is 1. The van der Waals surface area contributed by atoms with Crippen molar-refractivity contribution >= 4 is 11.6 Å². The number of hydrogen-bond donors (Lipinski definition) is 1. The van der Waals surface area contributed by atoms with Gasteiger partial charge in [-0.25, -0.2) is 0 Å². The summed E-state index contributed by atoms with van der Waals surface area (Å²) in [4.78, 5) is 14.0. The summed E-state index contributed by atoms with van der Waals surface area (Å²) in [6.45, 7) is 2.94. The van der Waals surface area contributed by atoms with Crippen LogP contribution in [0.1, 0.15) is 18.9 Å². The van der Waals surface area contributed by atoms with Crippen molar-refractivity contribution in [3.8, 4) is 0 Å². The van der Waals surface area contributed by atoms with Gasteiger partial charge < -0.3 is 10.2 Å². The summed E-state index contributed by atoms with van der Waals surface area (Å²) in [5.74, 6) is 0.198. The van der Waals surface area contributed by atoms with Gasteiger partial charge in [0.05, 0.1) is 6.04 Å². The van der Waals surface area contributed by atoms with Crippen molar-refractivity contribution in [2.24, 2.45) is 0 Å². The van der Waals surface area contributed by atoms with Gasteiger partial charge in [0.25, 0.3) is 0 Å². The van der Waals surface area contributed by atoms with E-state index in [1.54, 1.807) is 0 Å². The van der Waals surface area contributed by atoms with Crippen molar-refractivity contribution in [2.45, 2.75) is 25.8 Å². The Morgan fingerprint density at radius 1 is 1.44 bits per heavy atom. The molecule has 0 aromatic heterocycles. The number of amides is 1. The van der Waals surface area contributed by atoms with Crippen LogP contribution in [0.5, 0.6) is 0 Å². The molecule has 1 fully saturated rings. The van der Waals surface area contributed by atoms with E-state index in [-0.39, 0.29) is 11.9 Å². The zero-order valence-corrected chi connectivity index (χ0v) is 9.86. The number of benzene rings is 1. The number of carbonyl (C=O) groups is 1. The van der Waals surface area contributed by atoms with Gasteiger partial charge in [-0.15, -0.1) is 0 Å². The van der Waals surface area contributed by atoms with Gasteiger partial charge in [-0.2, -0.15) is 0 Å². The van der Waals surface area contributed by atoms with Crippen LogP contribution in [0, 0.1) is 0 Å². The van der Waals surface area contributed by atoms with Gasteiger partial charge in [0.15, 0.2) is 0 Å². The second-order valence-electron chi connectivity index (χ2n) is 4.10. The molecule has 2 rings (SSSR count). The Balaban J connectivity index is 2.28. The first kappa shape index (κ1) is 11.1. The minimum absolute atomic E-state index is 0.00934. The Hall–Kier alpha value is -1.35. The highest BCUT2D eigenvalue weighted by Crippen LogP contribution is 2.25. The fraction of sp³-hybridized carbons (Fsp3) is 0.462. The molecule has 3 heteroatoms. The molecular formula is C13H18N2O. The summed E-state index contributed by atoms with van der Waals surface area (Å²) in [7, 11) is 1.85. The summed E-state index contributed by atoms with van der Waals surface area (Å²) < 4.78 is 0. The number of likely N-dealkylation sites (N-methyl/N-ethyl adjacent to an activating group) is 1. The number of rotatable bonds is 3. The monoisotopic (exact) mass is 218 g/mol. The van der Waals surface area contributed by atoms with Crippen LogP contribution in [0.2, 0.25) is 0 Å². The van der Waals surface area contributed by atoms with E-state index in [0.717, 1.165) is 25.1 Å². The molecule has 1 aliphatic heterocycles. The Labute approximate surface area is 96.5 Å². The molecule has 0 saturated carbocycles. The summed E-state index contributed by atoms with van der Waals surface area (Å²) in [5.41, 5.74) is 2.32. The number of carbonyl (C=O) groups excluding carboxylic acids is 1. The van der Waals surface area contributed by atoms with Crippen LogP contribution >= 0.6 is 0 Å². The van der Waals surface area contributed by atoms with E-state index in [4.69, 9.17) is 0 Å². The molecule has 1 aliphatic rings. The van der Waals surface area contributed by atoms with Gasteiger partial charge in [0.2, 0.25) is 5.91 Å². The fourth-order valence-electron chi connectivity index (χ4n) is 2.26. The molecule has 3 nitrogen and oxygen atoms in total. The second kappa shape index (κ2) is 4.66. The molecular weight excluding hydrogens is 200 g/mol. The van der Waals surface area contributed by atoms with Gasteiger partial charge in [-0.05, 0) is 31.5 Å². The van der Waals surface area contributed by atoms with Crippen LogP contribution in [0.25, 0.3) is 0 Å². The standard InChI is InChI=1S/C13H18N2O/c1-3-10-6-4-5-7-12(10)15-9-8-11(14-2)13(15)16/h4-7,11,14H,3,8-9H2,1-2H3. The van der Waals surface area contributed by atoms with Crippen molar-refractivity contribution in [3.05, 3.63) is 29.8 Å². The maximum absolute atomic E-state index is 12.1. The van der Waals surface area contributed by atoms with Crippen molar-refractivity contribution in [2.75, 3.05) is 18.5 Å². The van der Waals surface area contributed by atoms with Crippen molar-refractivity contribution in [1.82, 2.24) is 5.32 Å². The van der Waals surface area contributed by atoms with Gasteiger partial charge in [0.1, 0.15) is 0 Å². The lowest BCUT2D eigenvalue weighted by Crippen LogP contribution is -2.36. The minimum atomic E-state index is -0.00934. The molecule has 0 spiro atoms. The van der Waals surface area contributed by atoms with E-state index in [2.05, 4.69) is 18.3 Å². The van der Waals surface area contributed by atoms with Crippen LogP contribution in [0.3, 0.4) is 0 Å². The molecule has 0 radical (unpaired) electrons. The third-order valence-corrected chi connectivity index (χ3v) is 3.22. The molecule has 0 bridgehead atoms. The normalized spacial score (nSPS) is 20.5. The first-order valence-electron chi connectivity index (χ1n) is 5.84. The molecule has 1 aromatic rings. The predicted octanol–water partition coefficient (Wildman–Crippen LogP) is 1.57. The summed E-state index contributed by atoms with van der Waals surface area (Å²) >= 11 is 0. The maximum Gasteiger partial charge on any atom is 0.244 e. The molecule has 86 valence electrons. The Bertz CT molecular complexity index is 389. The first-order chi connectivity index (χ1) is 7.77. The Kier molecular flexibility index (Phi) is 3.25. The highest BCUT2D eigenvalue weighted by atomic mass is 16.2. The van der Waals surface area contributed by atoms with Gasteiger partial charge >= 0.3 is 0 Å². The third-order valence-electron chi connectivity index (χ3n) is 3.22. The van der Waals surface area contributed by atoms with Gasteiger partial charge in [-0.1, -0.05) is 25.1 Å². The van der Waals surface area contributed by atoms with Crippen LogP contribution < -0.4 is 10.2 Å². The number of hydrogen-bond acceptors (Lipinski definition) is 2. The minimum Gasteiger partial charge on any atom is -0.311 e. The van der Waals surface area contributed by atoms with Gasteiger partial charge in [0, 0.05) is 12.2 Å². The number of anilines is 1. The predicted molar refractivity (Wildman–Crippen MR) is 65.6 cm³/mol. The topological polar surface area (TPSA) is 32.3 Å². The van der Waals surface area contributed by atoms with E-state index in [1.807, 2.05) is 30.1 Å². The molecule has 1 aromatic carbocycles. The van der Waals surface area contributed by atoms with Crippen molar-refractivity contribution in [3.63, 3.8) is 0 Å².